The van der Waals surface area contributed by atoms with Crippen LogP contribution in [0.1, 0.15) is 18.3 Å². The summed E-state index contributed by atoms with van der Waals surface area (Å²) in [6.45, 7) is 2.97. The van der Waals surface area contributed by atoms with Crippen LogP contribution in [-0.2, 0) is 18.4 Å². The fourth-order valence-corrected chi connectivity index (χ4v) is 3.90. The normalized spacial score (nSPS) is 21.1. The summed E-state index contributed by atoms with van der Waals surface area (Å²) >= 11 is 16.0. The topological polar surface area (TPSA) is 27.1 Å². The number of hydrogen-bond donors (Lipinski definition) is 0. The number of nitrogens with zero attached hydrogens (tertiary/aromatic N) is 2. The number of aromatic nitrogens is 2. The number of hydrogen-bond acceptors (Lipinski definition) is 2. The minimum atomic E-state index is -0.170. The molecule has 106 valence electrons. The van der Waals surface area contributed by atoms with Crippen molar-refractivity contribution in [3.8, 4) is 5.75 Å². The fourth-order valence-electron chi connectivity index (χ4n) is 2.91. The van der Waals surface area contributed by atoms with Crippen molar-refractivity contribution in [3.63, 3.8) is 0 Å². The average Bonchev–Trinajstić information content (AvgIpc) is 2.85. The molecule has 0 saturated carbocycles. The summed E-state index contributed by atoms with van der Waals surface area (Å²) in [7, 11) is 1.65. The molecule has 1 aliphatic heterocycles. The van der Waals surface area contributed by atoms with Crippen molar-refractivity contribution in [1.29, 1.82) is 0 Å². The van der Waals surface area contributed by atoms with Crippen molar-refractivity contribution < 1.29 is 4.74 Å². The third-order valence-electron chi connectivity index (χ3n) is 3.78. The molecule has 0 aliphatic carbocycles. The number of benzene rings is 1. The Morgan fingerprint density at radius 3 is 2.80 bits per heavy atom. The summed E-state index contributed by atoms with van der Waals surface area (Å²) in [5, 5.41) is 1.12. The maximum absolute atomic E-state index is 6.44. The van der Waals surface area contributed by atoms with Gasteiger partial charge in [-0.15, -0.1) is 0 Å². The molecule has 20 heavy (non-hydrogen) atoms. The van der Waals surface area contributed by atoms with Crippen LogP contribution in [0, 0.1) is 0 Å². The Morgan fingerprint density at radius 1 is 1.40 bits per heavy atom. The zero-order valence-electron chi connectivity index (χ0n) is 11.1. The molecule has 0 fully saturated rings. The Morgan fingerprint density at radius 2 is 2.15 bits per heavy atom. The van der Waals surface area contributed by atoms with E-state index in [4.69, 9.17) is 27.9 Å². The molecule has 1 aliphatic rings. The molecule has 3 rings (SSSR count). The molecule has 6 heteroatoms. The quantitative estimate of drug-likeness (QED) is 0.773. The highest BCUT2D eigenvalue weighted by Crippen LogP contribution is 2.46. The lowest BCUT2D eigenvalue weighted by Gasteiger charge is -2.27. The first-order chi connectivity index (χ1) is 9.44. The number of methoxy groups -OCH3 is 1. The second-order valence-electron chi connectivity index (χ2n) is 5.28. The largest absolute Gasteiger partial charge is 0.496 e. The summed E-state index contributed by atoms with van der Waals surface area (Å²) in [6.07, 6.45) is 2.79. The molecule has 1 aromatic carbocycles. The van der Waals surface area contributed by atoms with E-state index in [1.54, 1.807) is 13.2 Å². The van der Waals surface area contributed by atoms with E-state index in [1.807, 2.05) is 12.3 Å². The van der Waals surface area contributed by atoms with Crippen LogP contribution in [0.2, 0.25) is 10.0 Å². The van der Waals surface area contributed by atoms with Crippen LogP contribution in [0.25, 0.3) is 0 Å². The van der Waals surface area contributed by atoms with Gasteiger partial charge in [-0.25, -0.2) is 4.98 Å². The van der Waals surface area contributed by atoms with Gasteiger partial charge in [0.2, 0.25) is 0 Å². The second kappa shape index (κ2) is 4.93. The molecule has 0 spiro atoms. The van der Waals surface area contributed by atoms with Gasteiger partial charge in [-0.1, -0.05) is 30.1 Å². The van der Waals surface area contributed by atoms with Crippen molar-refractivity contribution in [2.24, 2.45) is 0 Å². The predicted octanol–water partition coefficient (Wildman–Crippen LogP) is 4.48. The number of fused-ring (bicyclic) bond motifs is 1. The van der Waals surface area contributed by atoms with E-state index in [0.29, 0.717) is 10.0 Å². The van der Waals surface area contributed by atoms with E-state index >= 15 is 0 Å². The van der Waals surface area contributed by atoms with Crippen LogP contribution in [0.5, 0.6) is 5.75 Å². The minimum Gasteiger partial charge on any atom is -0.496 e. The molecule has 2 heterocycles. The monoisotopic (exact) mass is 374 g/mol. The standard InChI is InChI=1S/C14H13BrCl2N2O/c1-14(5-11-18-10(15)6-19(11)7-14)12-9(20-2)4-3-8(16)13(12)17/h3-4,6H,5,7H2,1-2H3. The van der Waals surface area contributed by atoms with E-state index in [1.165, 1.54) is 0 Å². The Labute approximate surface area is 136 Å². The van der Waals surface area contributed by atoms with Gasteiger partial charge < -0.3 is 9.30 Å². The summed E-state index contributed by atoms with van der Waals surface area (Å²) < 4.78 is 8.48. The summed E-state index contributed by atoms with van der Waals surface area (Å²) in [5.41, 5.74) is 0.784. The van der Waals surface area contributed by atoms with Crippen molar-refractivity contribution in [1.82, 2.24) is 9.55 Å². The van der Waals surface area contributed by atoms with Crippen molar-refractivity contribution >= 4 is 39.1 Å². The third kappa shape index (κ3) is 2.14. The van der Waals surface area contributed by atoms with E-state index < -0.39 is 0 Å². The van der Waals surface area contributed by atoms with E-state index in [2.05, 4.69) is 32.4 Å². The first kappa shape index (κ1) is 14.2. The predicted molar refractivity (Wildman–Crippen MR) is 84.0 cm³/mol. The van der Waals surface area contributed by atoms with Crippen molar-refractivity contribution in [2.75, 3.05) is 7.11 Å². The molecule has 0 radical (unpaired) electrons. The number of halogens is 3. The lowest BCUT2D eigenvalue weighted by atomic mass is 9.80. The van der Waals surface area contributed by atoms with Gasteiger partial charge in [0.1, 0.15) is 16.2 Å². The molecule has 1 aromatic heterocycles. The van der Waals surface area contributed by atoms with Crippen LogP contribution >= 0.6 is 39.1 Å². The molecule has 0 saturated heterocycles. The molecular weight excluding hydrogens is 363 g/mol. The Hall–Kier alpha value is -0.710. The SMILES string of the molecule is COc1ccc(Cl)c(Cl)c1C1(C)Cc2nc(Br)cn2C1. The summed E-state index contributed by atoms with van der Waals surface area (Å²) in [5.74, 6) is 1.81. The maximum atomic E-state index is 6.44. The summed E-state index contributed by atoms with van der Waals surface area (Å²) in [4.78, 5) is 4.48. The first-order valence-electron chi connectivity index (χ1n) is 6.18. The van der Waals surface area contributed by atoms with E-state index in [0.717, 1.165) is 34.7 Å². The average molecular weight is 376 g/mol. The highest BCUT2D eigenvalue weighted by molar-refractivity contribution is 9.10. The van der Waals surface area contributed by atoms with E-state index in [-0.39, 0.29) is 5.41 Å². The van der Waals surface area contributed by atoms with Crippen LogP contribution in [0.3, 0.4) is 0 Å². The Balaban J connectivity index is 2.10. The van der Waals surface area contributed by atoms with Gasteiger partial charge >= 0.3 is 0 Å². The molecule has 1 atom stereocenters. The molecule has 0 bridgehead atoms. The molecule has 0 amide bonds. The minimum absolute atomic E-state index is 0.170. The zero-order valence-corrected chi connectivity index (χ0v) is 14.2. The molecule has 2 aromatic rings. The molecule has 1 unspecified atom stereocenters. The Bertz CT molecular complexity index is 661. The van der Waals surface area contributed by atoms with Crippen LogP contribution in [0.15, 0.2) is 22.9 Å². The van der Waals surface area contributed by atoms with Crippen LogP contribution in [0.4, 0.5) is 0 Å². The lowest BCUT2D eigenvalue weighted by molar-refractivity contribution is 0.380. The first-order valence-corrected chi connectivity index (χ1v) is 7.73. The maximum Gasteiger partial charge on any atom is 0.124 e. The zero-order chi connectivity index (χ0) is 14.5. The number of ether oxygens (including phenoxy) is 1. The lowest BCUT2D eigenvalue weighted by Crippen LogP contribution is -2.25. The Kier molecular flexibility index (Phi) is 3.51. The smallest absolute Gasteiger partial charge is 0.124 e. The van der Waals surface area contributed by atoms with Gasteiger partial charge in [0.15, 0.2) is 0 Å². The van der Waals surface area contributed by atoms with Gasteiger partial charge in [0.05, 0.1) is 17.2 Å². The van der Waals surface area contributed by atoms with E-state index in [9.17, 15) is 0 Å². The van der Waals surface area contributed by atoms with Crippen molar-refractivity contribution in [2.45, 2.75) is 25.3 Å². The van der Waals surface area contributed by atoms with Crippen LogP contribution < -0.4 is 4.74 Å². The highest BCUT2D eigenvalue weighted by Gasteiger charge is 2.40. The van der Waals surface area contributed by atoms with Gasteiger partial charge in [0, 0.05) is 30.1 Å². The van der Waals surface area contributed by atoms with Gasteiger partial charge in [-0.05, 0) is 28.1 Å². The third-order valence-corrected chi connectivity index (χ3v) is 4.96. The molecular formula is C14H13BrCl2N2O. The second-order valence-corrected chi connectivity index (χ2v) is 6.88. The van der Waals surface area contributed by atoms with Crippen LogP contribution in [-0.4, -0.2) is 16.7 Å². The fraction of sp³-hybridized carbons (Fsp3) is 0.357. The number of rotatable bonds is 2. The number of imidazole rings is 1. The molecule has 0 N–H and O–H groups in total. The summed E-state index contributed by atoms with van der Waals surface area (Å²) in [6, 6.07) is 3.63. The van der Waals surface area contributed by atoms with Crippen molar-refractivity contribution in [3.05, 3.63) is 44.4 Å². The van der Waals surface area contributed by atoms with Gasteiger partial charge in [0.25, 0.3) is 0 Å². The highest BCUT2D eigenvalue weighted by atomic mass is 79.9. The van der Waals surface area contributed by atoms with Gasteiger partial charge in [-0.2, -0.15) is 0 Å². The van der Waals surface area contributed by atoms with Gasteiger partial charge in [-0.3, -0.25) is 0 Å². The molecule has 3 nitrogen and oxygen atoms in total.